The number of carbonyl (C=O) groups is 2. The van der Waals surface area contributed by atoms with Crippen molar-refractivity contribution in [3.63, 3.8) is 0 Å². The number of rotatable bonds is 4. The van der Waals surface area contributed by atoms with Gasteiger partial charge in [0, 0.05) is 11.1 Å². The van der Waals surface area contributed by atoms with Gasteiger partial charge in [0.2, 0.25) is 11.8 Å². The first-order valence-electron chi connectivity index (χ1n) is 7.64. The predicted molar refractivity (Wildman–Crippen MR) is 89.1 cm³/mol. The Morgan fingerprint density at radius 1 is 1.36 bits per heavy atom. The number of amides is 2. The van der Waals surface area contributed by atoms with Crippen LogP contribution in [0, 0.1) is 6.92 Å². The zero-order chi connectivity index (χ0) is 18.0. The molecule has 3 rings (SSSR count). The van der Waals surface area contributed by atoms with Crippen LogP contribution in [0.3, 0.4) is 0 Å². The molecule has 2 aromatic rings. The Hall–Kier alpha value is -2.68. The average molecular weight is 363 g/mol. The monoisotopic (exact) mass is 363 g/mol. The summed E-state index contributed by atoms with van der Waals surface area (Å²) < 4.78 is 28.5. The minimum Gasteiger partial charge on any atom is -0.356 e. The van der Waals surface area contributed by atoms with Crippen LogP contribution in [0.5, 0.6) is 0 Å². The van der Waals surface area contributed by atoms with Gasteiger partial charge in [-0.25, -0.2) is 8.42 Å². The number of hydrogen-bond donors (Lipinski definition) is 2. The summed E-state index contributed by atoms with van der Waals surface area (Å²) in [5.74, 6) is -1.62. The first kappa shape index (κ1) is 17.2. The second-order valence-electron chi connectivity index (χ2n) is 5.84. The van der Waals surface area contributed by atoms with Crippen molar-refractivity contribution in [2.75, 3.05) is 11.5 Å². The molecule has 2 heterocycles. The summed E-state index contributed by atoms with van der Waals surface area (Å²) in [6, 6.07) is 8.34. The van der Waals surface area contributed by atoms with E-state index in [9.17, 15) is 18.0 Å². The molecule has 1 unspecified atom stereocenters. The normalized spacial score (nSPS) is 19.2. The van der Waals surface area contributed by atoms with E-state index in [2.05, 4.69) is 15.8 Å². The van der Waals surface area contributed by atoms with Gasteiger partial charge in [-0.1, -0.05) is 35.5 Å². The maximum absolute atomic E-state index is 12.1. The van der Waals surface area contributed by atoms with Gasteiger partial charge in [-0.3, -0.25) is 9.59 Å². The Labute approximate surface area is 144 Å². The van der Waals surface area contributed by atoms with Gasteiger partial charge in [0.1, 0.15) is 17.5 Å². The van der Waals surface area contributed by atoms with Crippen LogP contribution in [0.2, 0.25) is 0 Å². The smallest absolute Gasteiger partial charge is 0.243 e. The van der Waals surface area contributed by atoms with Crippen molar-refractivity contribution >= 4 is 21.7 Å². The van der Waals surface area contributed by atoms with Crippen LogP contribution < -0.4 is 10.6 Å². The van der Waals surface area contributed by atoms with Crippen LogP contribution in [0.25, 0.3) is 11.3 Å². The Morgan fingerprint density at radius 2 is 2.08 bits per heavy atom. The Morgan fingerprint density at radius 3 is 2.76 bits per heavy atom. The number of aromatic nitrogens is 1. The fourth-order valence-corrected chi connectivity index (χ4v) is 3.96. The molecule has 1 aliphatic rings. The van der Waals surface area contributed by atoms with Crippen molar-refractivity contribution < 1.29 is 22.5 Å². The predicted octanol–water partition coefficient (Wildman–Crippen LogP) is 0.179. The quantitative estimate of drug-likeness (QED) is 0.800. The molecule has 1 aliphatic heterocycles. The van der Waals surface area contributed by atoms with E-state index in [-0.39, 0.29) is 6.54 Å². The van der Waals surface area contributed by atoms with E-state index in [0.717, 1.165) is 11.1 Å². The van der Waals surface area contributed by atoms with E-state index >= 15 is 0 Å². The van der Waals surface area contributed by atoms with Gasteiger partial charge < -0.3 is 15.2 Å². The third-order valence-corrected chi connectivity index (χ3v) is 5.45. The maximum atomic E-state index is 12.1. The van der Waals surface area contributed by atoms with Crippen LogP contribution in [0.4, 0.5) is 0 Å². The number of sulfone groups is 1. The lowest BCUT2D eigenvalue weighted by atomic mass is 10.1. The summed E-state index contributed by atoms with van der Waals surface area (Å²) in [7, 11) is -3.56. The van der Waals surface area contributed by atoms with Gasteiger partial charge in [-0.05, 0) is 6.92 Å². The average Bonchev–Trinajstić information content (AvgIpc) is 2.92. The van der Waals surface area contributed by atoms with E-state index in [1.54, 1.807) is 0 Å². The molecule has 8 nitrogen and oxygen atoms in total. The van der Waals surface area contributed by atoms with Crippen molar-refractivity contribution in [3.05, 3.63) is 41.6 Å². The molecule has 0 saturated carbocycles. The molecule has 1 fully saturated rings. The molecular formula is C16H17N3O5S. The third kappa shape index (κ3) is 3.87. The molecule has 1 aromatic heterocycles. The highest BCUT2D eigenvalue weighted by molar-refractivity contribution is 7.92. The van der Waals surface area contributed by atoms with Crippen molar-refractivity contribution in [2.45, 2.75) is 19.5 Å². The standard InChI is InChI=1S/C16H17N3O5S/c1-10-12(19-24-15(10)11-5-3-2-4-6-11)7-17-16(21)13-8-25(22,23)9-14(20)18-13/h2-6,13H,7-9H2,1H3,(H,17,21)(H,18,20). The lowest BCUT2D eigenvalue weighted by Gasteiger charge is -2.22. The van der Waals surface area contributed by atoms with Crippen LogP contribution in [0.1, 0.15) is 11.3 Å². The number of carbonyl (C=O) groups excluding carboxylic acids is 2. The van der Waals surface area contributed by atoms with E-state index in [1.807, 2.05) is 37.3 Å². The van der Waals surface area contributed by atoms with Gasteiger partial charge in [-0.15, -0.1) is 0 Å². The SMILES string of the molecule is Cc1c(CNC(=O)C2CS(=O)(=O)CC(=O)N2)noc1-c1ccccc1. The van der Waals surface area contributed by atoms with Crippen LogP contribution in [-0.4, -0.2) is 42.9 Å². The van der Waals surface area contributed by atoms with Gasteiger partial charge in [0.25, 0.3) is 0 Å². The van der Waals surface area contributed by atoms with Crippen molar-refractivity contribution in [3.8, 4) is 11.3 Å². The zero-order valence-electron chi connectivity index (χ0n) is 13.5. The largest absolute Gasteiger partial charge is 0.356 e. The first-order chi connectivity index (χ1) is 11.9. The summed E-state index contributed by atoms with van der Waals surface area (Å²) in [4.78, 5) is 23.5. The highest BCUT2D eigenvalue weighted by Gasteiger charge is 2.34. The molecule has 0 bridgehead atoms. The molecule has 25 heavy (non-hydrogen) atoms. The van der Waals surface area contributed by atoms with Crippen molar-refractivity contribution in [2.24, 2.45) is 0 Å². The second kappa shape index (κ2) is 6.67. The number of benzene rings is 1. The summed E-state index contributed by atoms with van der Waals surface area (Å²) in [5.41, 5.74) is 2.19. The topological polar surface area (TPSA) is 118 Å². The minimum atomic E-state index is -3.56. The first-order valence-corrected chi connectivity index (χ1v) is 9.46. The van der Waals surface area contributed by atoms with Crippen molar-refractivity contribution in [1.82, 2.24) is 15.8 Å². The van der Waals surface area contributed by atoms with E-state index in [4.69, 9.17) is 4.52 Å². The summed E-state index contributed by atoms with van der Waals surface area (Å²) in [6.45, 7) is 1.90. The lowest BCUT2D eigenvalue weighted by molar-refractivity contribution is -0.127. The minimum absolute atomic E-state index is 0.0768. The Bertz CT molecular complexity index is 905. The highest BCUT2D eigenvalue weighted by atomic mass is 32.2. The molecular weight excluding hydrogens is 346 g/mol. The number of nitrogens with zero attached hydrogens (tertiary/aromatic N) is 1. The van der Waals surface area contributed by atoms with Gasteiger partial charge in [-0.2, -0.15) is 0 Å². The fraction of sp³-hybridized carbons (Fsp3) is 0.312. The van der Waals surface area contributed by atoms with Crippen LogP contribution in [-0.2, 0) is 26.0 Å². The lowest BCUT2D eigenvalue weighted by Crippen LogP contribution is -2.56. The van der Waals surface area contributed by atoms with E-state index in [1.165, 1.54) is 0 Å². The molecule has 9 heteroatoms. The summed E-state index contributed by atoms with van der Waals surface area (Å²) in [6.07, 6.45) is 0. The van der Waals surface area contributed by atoms with E-state index < -0.39 is 39.2 Å². The van der Waals surface area contributed by atoms with Gasteiger partial charge in [0.05, 0.1) is 12.3 Å². The van der Waals surface area contributed by atoms with E-state index in [0.29, 0.717) is 11.5 Å². The second-order valence-corrected chi connectivity index (χ2v) is 7.95. The molecule has 2 amide bonds. The fourth-order valence-electron chi connectivity index (χ4n) is 2.62. The zero-order valence-corrected chi connectivity index (χ0v) is 14.3. The molecule has 132 valence electrons. The Balaban J connectivity index is 1.67. The van der Waals surface area contributed by atoms with Gasteiger partial charge >= 0.3 is 0 Å². The molecule has 1 atom stereocenters. The third-order valence-electron chi connectivity index (χ3n) is 3.91. The number of hydrogen-bond acceptors (Lipinski definition) is 6. The summed E-state index contributed by atoms with van der Waals surface area (Å²) in [5, 5.41) is 8.93. The summed E-state index contributed by atoms with van der Waals surface area (Å²) >= 11 is 0. The molecule has 0 spiro atoms. The van der Waals surface area contributed by atoms with Gasteiger partial charge in [0.15, 0.2) is 15.6 Å². The molecule has 0 aliphatic carbocycles. The van der Waals surface area contributed by atoms with Crippen molar-refractivity contribution in [1.29, 1.82) is 0 Å². The maximum Gasteiger partial charge on any atom is 0.243 e. The van der Waals surface area contributed by atoms with Crippen LogP contribution in [0.15, 0.2) is 34.9 Å². The Kier molecular flexibility index (Phi) is 4.58. The number of nitrogens with one attached hydrogen (secondary N) is 2. The molecule has 1 aromatic carbocycles. The molecule has 1 saturated heterocycles. The van der Waals surface area contributed by atoms with Crippen LogP contribution >= 0.6 is 0 Å². The molecule has 0 radical (unpaired) electrons. The highest BCUT2D eigenvalue weighted by Crippen LogP contribution is 2.25. The molecule has 2 N–H and O–H groups in total.